The summed E-state index contributed by atoms with van der Waals surface area (Å²) in [6.07, 6.45) is 0. The van der Waals surface area contributed by atoms with Crippen molar-refractivity contribution in [2.45, 2.75) is 0 Å². The first kappa shape index (κ1) is 35.3. The van der Waals surface area contributed by atoms with Crippen LogP contribution in [0.2, 0.25) is 0 Å². The number of aliphatic hydroxyl groups excluding tert-OH is 2. The maximum Gasteiger partial charge on any atom is 0.295 e. The van der Waals surface area contributed by atoms with Crippen LogP contribution in [0.5, 0.6) is 0 Å². The van der Waals surface area contributed by atoms with E-state index in [0.717, 1.165) is 0 Å². The van der Waals surface area contributed by atoms with Gasteiger partial charge in [0.25, 0.3) is 23.4 Å². The number of carbonyl (C=O) groups excluding carboxylic acids is 4. The van der Waals surface area contributed by atoms with E-state index in [1.807, 2.05) is 0 Å². The molecule has 1 fully saturated rings. The number of rotatable bonds is 10. The molecule has 0 atom stereocenters. The smallest absolute Gasteiger partial charge is 0.295 e. The van der Waals surface area contributed by atoms with E-state index < -0.39 is 34.9 Å². The van der Waals surface area contributed by atoms with Crippen LogP contribution < -0.4 is 10.6 Å². The van der Waals surface area contributed by atoms with E-state index in [9.17, 15) is 29.4 Å². The third-order valence-corrected chi connectivity index (χ3v) is 8.39. The SMILES string of the molecule is O=C(C(=O)N1CCN(C(=O)C(=O)/C(C(=S)Nc2ccccc2)=C(/O)c2ccccc2)CC1)/C(C(=S)Nc1ccccc1)=C(/O)c1ccccc1. The fourth-order valence-electron chi connectivity index (χ4n) is 5.16. The van der Waals surface area contributed by atoms with Crippen LogP contribution in [-0.2, 0) is 19.2 Å². The first-order chi connectivity index (χ1) is 24.2. The lowest BCUT2D eigenvalue weighted by Gasteiger charge is -2.34. The second-order valence-corrected chi connectivity index (χ2v) is 11.9. The van der Waals surface area contributed by atoms with Crippen molar-refractivity contribution >= 4 is 80.7 Å². The molecule has 12 heteroatoms. The first-order valence-electron chi connectivity index (χ1n) is 15.5. The van der Waals surface area contributed by atoms with Gasteiger partial charge in [0.1, 0.15) is 32.6 Å². The van der Waals surface area contributed by atoms with Gasteiger partial charge < -0.3 is 30.6 Å². The van der Waals surface area contributed by atoms with Crippen LogP contribution in [0.25, 0.3) is 11.5 Å². The molecule has 10 nitrogen and oxygen atoms in total. The number of hydrogen-bond donors (Lipinski definition) is 4. The summed E-state index contributed by atoms with van der Waals surface area (Å²) in [5, 5.41) is 28.2. The van der Waals surface area contributed by atoms with Crippen molar-refractivity contribution < 1.29 is 29.4 Å². The highest BCUT2D eigenvalue weighted by atomic mass is 32.1. The Morgan fingerprint density at radius 2 is 0.760 bits per heavy atom. The van der Waals surface area contributed by atoms with E-state index in [1.165, 1.54) is 9.80 Å². The molecule has 4 aromatic rings. The van der Waals surface area contributed by atoms with E-state index in [1.54, 1.807) is 121 Å². The van der Waals surface area contributed by atoms with E-state index >= 15 is 0 Å². The zero-order valence-electron chi connectivity index (χ0n) is 26.6. The van der Waals surface area contributed by atoms with Crippen molar-refractivity contribution in [3.05, 3.63) is 144 Å². The average Bonchev–Trinajstić information content (AvgIpc) is 3.15. The maximum atomic E-state index is 13.7. The van der Waals surface area contributed by atoms with Gasteiger partial charge in [-0.15, -0.1) is 0 Å². The van der Waals surface area contributed by atoms with Gasteiger partial charge in [-0.25, -0.2) is 0 Å². The van der Waals surface area contributed by atoms with Crippen LogP contribution in [0.4, 0.5) is 11.4 Å². The van der Waals surface area contributed by atoms with Crippen molar-refractivity contribution in [1.82, 2.24) is 9.80 Å². The summed E-state index contributed by atoms with van der Waals surface area (Å²) in [6, 6.07) is 34.0. The van der Waals surface area contributed by atoms with Crippen LogP contribution in [0.15, 0.2) is 132 Å². The number of ketones is 2. The molecule has 0 spiro atoms. The predicted molar refractivity (Wildman–Crippen MR) is 200 cm³/mol. The minimum atomic E-state index is -1.04. The Morgan fingerprint density at radius 1 is 0.480 bits per heavy atom. The molecule has 0 aliphatic carbocycles. The molecule has 0 aromatic heterocycles. The molecular weight excluding hydrogens is 673 g/mol. The summed E-state index contributed by atoms with van der Waals surface area (Å²) in [4.78, 5) is 56.7. The number of thiocarbonyl (C=S) groups is 2. The van der Waals surface area contributed by atoms with Crippen molar-refractivity contribution in [1.29, 1.82) is 0 Å². The third kappa shape index (κ3) is 8.35. The molecule has 0 saturated carbocycles. The fraction of sp³-hybridized carbons (Fsp3) is 0.105. The molecule has 1 aliphatic rings. The molecule has 252 valence electrons. The Bertz CT molecular complexity index is 1830. The molecule has 4 N–H and O–H groups in total. The molecule has 1 saturated heterocycles. The number of para-hydroxylation sites is 2. The van der Waals surface area contributed by atoms with Crippen LogP contribution in [0.1, 0.15) is 11.1 Å². The van der Waals surface area contributed by atoms with Gasteiger partial charge in [0, 0.05) is 48.7 Å². The quantitative estimate of drug-likeness (QED) is 0.0713. The van der Waals surface area contributed by atoms with Crippen LogP contribution in [0, 0.1) is 0 Å². The number of hydrogen-bond acceptors (Lipinski definition) is 8. The standard InChI is InChI=1S/C38H32N4O6S2/c43-31(25-13-5-1-6-14-25)29(35(49)39-27-17-9-3-10-18-27)33(45)37(47)41-21-23-42(24-22-41)38(48)34(46)30(32(44)26-15-7-2-8-16-26)36(50)40-28-19-11-4-12-20-28/h1-20,43-44H,21-24H2,(H,39,49)(H,40,50)/b31-29-,32-30-. The summed E-state index contributed by atoms with van der Waals surface area (Å²) in [7, 11) is 0. The van der Waals surface area contributed by atoms with E-state index in [2.05, 4.69) is 10.6 Å². The number of amides is 2. The number of Topliss-reactive ketones (excluding diaryl/α,β-unsaturated/α-hetero) is 2. The van der Waals surface area contributed by atoms with Crippen LogP contribution in [-0.4, -0.2) is 79.5 Å². The Kier molecular flexibility index (Phi) is 11.6. The van der Waals surface area contributed by atoms with Crippen molar-refractivity contribution in [2.24, 2.45) is 0 Å². The molecule has 50 heavy (non-hydrogen) atoms. The Morgan fingerprint density at radius 3 is 1.06 bits per heavy atom. The van der Waals surface area contributed by atoms with Crippen molar-refractivity contribution in [2.75, 3.05) is 36.8 Å². The highest BCUT2D eigenvalue weighted by Crippen LogP contribution is 2.23. The highest BCUT2D eigenvalue weighted by Gasteiger charge is 2.36. The molecule has 1 aliphatic heterocycles. The number of nitrogens with zero attached hydrogens (tertiary/aromatic N) is 2. The second kappa shape index (κ2) is 16.4. The third-order valence-electron chi connectivity index (χ3n) is 7.78. The highest BCUT2D eigenvalue weighted by molar-refractivity contribution is 7.81. The summed E-state index contributed by atoms with van der Waals surface area (Å²) in [5.41, 5.74) is 0.934. The van der Waals surface area contributed by atoms with Gasteiger partial charge in [0.15, 0.2) is 0 Å². The van der Waals surface area contributed by atoms with Gasteiger partial charge in [0.2, 0.25) is 0 Å². The van der Waals surface area contributed by atoms with Crippen molar-refractivity contribution in [3.63, 3.8) is 0 Å². The van der Waals surface area contributed by atoms with Gasteiger partial charge >= 0.3 is 0 Å². The van der Waals surface area contributed by atoms with Crippen LogP contribution >= 0.6 is 24.4 Å². The number of aliphatic hydroxyl groups is 2. The number of anilines is 2. The molecule has 0 bridgehead atoms. The van der Waals surface area contributed by atoms with E-state index in [-0.39, 0.29) is 58.4 Å². The first-order valence-corrected chi connectivity index (χ1v) is 16.3. The summed E-state index contributed by atoms with van der Waals surface area (Å²) >= 11 is 11.0. The largest absolute Gasteiger partial charge is 0.506 e. The van der Waals surface area contributed by atoms with E-state index in [0.29, 0.717) is 11.4 Å². The predicted octanol–water partition coefficient (Wildman–Crippen LogP) is 5.61. The normalized spacial score (nSPS) is 13.7. The van der Waals surface area contributed by atoms with Gasteiger partial charge in [-0.05, 0) is 24.3 Å². The maximum absolute atomic E-state index is 13.7. The molecule has 5 rings (SSSR count). The number of carbonyl (C=O) groups is 4. The van der Waals surface area contributed by atoms with Crippen molar-refractivity contribution in [3.8, 4) is 0 Å². The Hall–Kier alpha value is -5.98. The number of nitrogens with one attached hydrogen (secondary N) is 2. The lowest BCUT2D eigenvalue weighted by atomic mass is 10.0. The molecule has 0 radical (unpaired) electrons. The van der Waals surface area contributed by atoms with Gasteiger partial charge in [0.05, 0.1) is 0 Å². The summed E-state index contributed by atoms with van der Waals surface area (Å²) in [6.45, 7) is -0.340. The van der Waals surface area contributed by atoms with Crippen LogP contribution in [0.3, 0.4) is 0 Å². The lowest BCUT2D eigenvalue weighted by Crippen LogP contribution is -2.54. The Balaban J connectivity index is 1.33. The molecule has 1 heterocycles. The van der Waals surface area contributed by atoms with Gasteiger partial charge in [-0.3, -0.25) is 19.2 Å². The van der Waals surface area contributed by atoms with Gasteiger partial charge in [-0.1, -0.05) is 121 Å². The minimum absolute atomic E-state index is 0.0850. The zero-order valence-corrected chi connectivity index (χ0v) is 28.2. The minimum Gasteiger partial charge on any atom is -0.506 e. The molecule has 2 amide bonds. The van der Waals surface area contributed by atoms with E-state index in [4.69, 9.17) is 24.4 Å². The monoisotopic (exact) mass is 704 g/mol. The molecule has 0 unspecified atom stereocenters. The topological polar surface area (TPSA) is 139 Å². The Labute approximate surface area is 299 Å². The summed E-state index contributed by atoms with van der Waals surface area (Å²) < 4.78 is 0. The fourth-order valence-corrected chi connectivity index (χ4v) is 5.78. The second-order valence-electron chi connectivity index (χ2n) is 11.1. The molecule has 4 aromatic carbocycles. The summed E-state index contributed by atoms with van der Waals surface area (Å²) in [5.74, 6) is -4.87. The lowest BCUT2D eigenvalue weighted by molar-refractivity contribution is -0.148. The number of benzene rings is 4. The molecular formula is C38H32N4O6S2. The average molecular weight is 705 g/mol. The number of piperazine rings is 1. The zero-order chi connectivity index (χ0) is 35.6. The van der Waals surface area contributed by atoms with Gasteiger partial charge in [-0.2, -0.15) is 0 Å².